The van der Waals surface area contributed by atoms with E-state index in [2.05, 4.69) is 21.0 Å². The molecule has 2 aliphatic rings. The van der Waals surface area contributed by atoms with Crippen molar-refractivity contribution in [1.82, 2.24) is 15.1 Å². The van der Waals surface area contributed by atoms with Gasteiger partial charge in [0.2, 0.25) is 5.91 Å². The van der Waals surface area contributed by atoms with E-state index < -0.39 is 0 Å². The molecule has 26 heavy (non-hydrogen) atoms. The summed E-state index contributed by atoms with van der Waals surface area (Å²) in [5.41, 5.74) is 1.82. The molecule has 7 heteroatoms. The molecule has 0 bridgehead atoms. The van der Waals surface area contributed by atoms with Crippen LogP contribution in [-0.2, 0) is 4.79 Å². The highest BCUT2D eigenvalue weighted by Gasteiger charge is 2.29. The molecule has 0 spiro atoms. The molecule has 2 heterocycles. The van der Waals surface area contributed by atoms with Crippen molar-refractivity contribution in [2.75, 3.05) is 23.7 Å². The molecule has 1 aliphatic carbocycles. The summed E-state index contributed by atoms with van der Waals surface area (Å²) in [5, 5.41) is 13.5. The Bertz CT molecular complexity index is 789. The molecule has 1 aromatic carbocycles. The summed E-state index contributed by atoms with van der Waals surface area (Å²) in [7, 11) is 0. The third-order valence-corrected chi connectivity index (χ3v) is 4.84. The zero-order valence-electron chi connectivity index (χ0n) is 14.6. The molecule has 0 radical (unpaired) electrons. The van der Waals surface area contributed by atoms with E-state index >= 15 is 0 Å². The summed E-state index contributed by atoms with van der Waals surface area (Å²) >= 11 is 0. The molecule has 136 valence electrons. The van der Waals surface area contributed by atoms with Gasteiger partial charge >= 0.3 is 0 Å². The highest BCUT2D eigenvalue weighted by molar-refractivity contribution is 6.03. The number of carbonyl (C=O) groups is 2. The summed E-state index contributed by atoms with van der Waals surface area (Å²) in [6, 6.07) is 9.20. The smallest absolute Gasteiger partial charge is 0.276 e. The van der Waals surface area contributed by atoms with Crippen molar-refractivity contribution in [3.8, 4) is 0 Å². The second kappa shape index (κ2) is 7.29. The van der Waals surface area contributed by atoms with Gasteiger partial charge in [-0.2, -0.15) is 5.10 Å². The second-order valence-corrected chi connectivity index (χ2v) is 6.98. The van der Waals surface area contributed by atoms with Crippen molar-refractivity contribution in [2.24, 2.45) is 5.92 Å². The first-order valence-corrected chi connectivity index (χ1v) is 9.17. The van der Waals surface area contributed by atoms with Crippen molar-refractivity contribution in [1.29, 1.82) is 0 Å². The van der Waals surface area contributed by atoms with E-state index in [1.54, 1.807) is 30.3 Å². The van der Waals surface area contributed by atoms with Crippen LogP contribution in [0.3, 0.4) is 0 Å². The lowest BCUT2D eigenvalue weighted by atomic mass is 10.1. The fourth-order valence-corrected chi connectivity index (χ4v) is 3.14. The molecular weight excluding hydrogens is 330 g/mol. The number of hydrogen-bond donors (Lipinski definition) is 3. The van der Waals surface area contributed by atoms with Crippen LogP contribution in [0.4, 0.5) is 11.4 Å². The molecule has 2 fully saturated rings. The number of piperidine rings is 1. The van der Waals surface area contributed by atoms with Crippen LogP contribution in [0.1, 0.15) is 42.2 Å². The molecule has 1 saturated carbocycles. The molecule has 1 aromatic heterocycles. The van der Waals surface area contributed by atoms with Gasteiger partial charge in [-0.05, 0) is 62.6 Å². The monoisotopic (exact) mass is 353 g/mol. The Kier molecular flexibility index (Phi) is 4.71. The van der Waals surface area contributed by atoms with Crippen molar-refractivity contribution in [3.05, 3.63) is 42.2 Å². The van der Waals surface area contributed by atoms with Gasteiger partial charge < -0.3 is 16.0 Å². The van der Waals surface area contributed by atoms with Crippen LogP contribution in [0, 0.1) is 5.92 Å². The number of benzene rings is 1. The van der Waals surface area contributed by atoms with Crippen LogP contribution < -0.4 is 16.0 Å². The lowest BCUT2D eigenvalue weighted by Gasteiger charge is -2.22. The predicted molar refractivity (Wildman–Crippen MR) is 99.1 cm³/mol. The summed E-state index contributed by atoms with van der Waals surface area (Å²) < 4.78 is 1.87. The van der Waals surface area contributed by atoms with E-state index in [4.69, 9.17) is 0 Å². The maximum atomic E-state index is 12.4. The molecular formula is C19H23N5O2. The van der Waals surface area contributed by atoms with E-state index in [0.717, 1.165) is 44.5 Å². The standard InChI is InChI=1S/C19H23N5O2/c25-18(13-3-4-13)21-14-5-7-15(8-6-14)22-19(26)17-9-11-24(23-17)16-2-1-10-20-12-16/h5-9,11,13,16,20H,1-4,10,12H2,(H,21,25)(H,22,26). The van der Waals surface area contributed by atoms with E-state index in [-0.39, 0.29) is 17.7 Å². The van der Waals surface area contributed by atoms with Crippen molar-refractivity contribution < 1.29 is 9.59 Å². The third-order valence-electron chi connectivity index (χ3n) is 4.84. The van der Waals surface area contributed by atoms with E-state index in [1.165, 1.54) is 0 Å². The van der Waals surface area contributed by atoms with Crippen molar-refractivity contribution >= 4 is 23.2 Å². The average Bonchev–Trinajstić information content (AvgIpc) is 3.41. The van der Waals surface area contributed by atoms with Crippen molar-refractivity contribution in [2.45, 2.75) is 31.7 Å². The van der Waals surface area contributed by atoms with Crippen LogP contribution in [0.25, 0.3) is 0 Å². The van der Waals surface area contributed by atoms with Crippen LogP contribution in [-0.4, -0.2) is 34.7 Å². The number of rotatable bonds is 5. The summed E-state index contributed by atoms with van der Waals surface area (Å²) in [6.07, 6.45) is 6.01. The average molecular weight is 353 g/mol. The predicted octanol–water partition coefficient (Wildman–Crippen LogP) is 2.41. The first-order chi connectivity index (χ1) is 12.7. The highest BCUT2D eigenvalue weighted by Crippen LogP contribution is 2.30. The molecule has 1 atom stereocenters. The number of carbonyl (C=O) groups excluding carboxylic acids is 2. The molecule has 4 rings (SSSR count). The SMILES string of the molecule is O=C(Nc1ccc(NC(=O)C2CC2)cc1)c1ccn(C2CCCNC2)n1. The molecule has 1 saturated heterocycles. The highest BCUT2D eigenvalue weighted by atomic mass is 16.2. The van der Waals surface area contributed by atoms with Crippen LogP contribution >= 0.6 is 0 Å². The fraction of sp³-hybridized carbons (Fsp3) is 0.421. The largest absolute Gasteiger partial charge is 0.326 e. The van der Waals surface area contributed by atoms with Crippen LogP contribution in [0.15, 0.2) is 36.5 Å². The maximum absolute atomic E-state index is 12.4. The zero-order valence-corrected chi connectivity index (χ0v) is 14.6. The van der Waals surface area contributed by atoms with Gasteiger partial charge in [-0.25, -0.2) is 0 Å². The van der Waals surface area contributed by atoms with Gasteiger partial charge in [0, 0.05) is 30.0 Å². The molecule has 2 aromatic rings. The lowest BCUT2D eigenvalue weighted by Crippen LogP contribution is -2.32. The zero-order chi connectivity index (χ0) is 17.9. The van der Waals surface area contributed by atoms with E-state index in [1.807, 2.05) is 10.9 Å². The quantitative estimate of drug-likeness (QED) is 0.770. The number of nitrogens with zero attached hydrogens (tertiary/aromatic N) is 2. The van der Waals surface area contributed by atoms with E-state index in [9.17, 15) is 9.59 Å². The summed E-state index contributed by atoms with van der Waals surface area (Å²) in [6.45, 7) is 1.93. The topological polar surface area (TPSA) is 88.0 Å². The molecule has 2 amide bonds. The van der Waals surface area contributed by atoms with Gasteiger partial charge in [0.05, 0.1) is 6.04 Å². The second-order valence-electron chi connectivity index (χ2n) is 6.98. The molecule has 3 N–H and O–H groups in total. The number of hydrogen-bond acceptors (Lipinski definition) is 4. The minimum absolute atomic E-state index is 0.0736. The molecule has 1 aliphatic heterocycles. The first kappa shape index (κ1) is 16.8. The van der Waals surface area contributed by atoms with Crippen molar-refractivity contribution in [3.63, 3.8) is 0 Å². The fourth-order valence-electron chi connectivity index (χ4n) is 3.14. The Hall–Kier alpha value is -2.67. The van der Waals surface area contributed by atoms with Gasteiger partial charge in [-0.3, -0.25) is 14.3 Å². The number of aromatic nitrogens is 2. The number of nitrogens with one attached hydrogen (secondary N) is 3. The van der Waals surface area contributed by atoms with Gasteiger partial charge in [0.25, 0.3) is 5.91 Å². The Morgan fingerprint density at radius 2 is 1.77 bits per heavy atom. The van der Waals surface area contributed by atoms with Gasteiger partial charge in [-0.1, -0.05) is 0 Å². The summed E-state index contributed by atoms with van der Waals surface area (Å²) in [4.78, 5) is 24.2. The summed E-state index contributed by atoms with van der Waals surface area (Å²) in [5.74, 6) is 0.00988. The van der Waals surface area contributed by atoms with Gasteiger partial charge in [-0.15, -0.1) is 0 Å². The Morgan fingerprint density at radius 1 is 1.04 bits per heavy atom. The molecule has 7 nitrogen and oxygen atoms in total. The minimum atomic E-state index is -0.234. The Labute approximate surface area is 152 Å². The van der Waals surface area contributed by atoms with Crippen LogP contribution in [0.2, 0.25) is 0 Å². The lowest BCUT2D eigenvalue weighted by molar-refractivity contribution is -0.117. The maximum Gasteiger partial charge on any atom is 0.276 e. The third kappa shape index (κ3) is 3.94. The Morgan fingerprint density at radius 3 is 2.42 bits per heavy atom. The number of anilines is 2. The Balaban J connectivity index is 1.35. The molecule has 1 unspecified atom stereocenters. The van der Waals surface area contributed by atoms with Gasteiger partial charge in [0.1, 0.15) is 0 Å². The minimum Gasteiger partial charge on any atom is -0.326 e. The van der Waals surface area contributed by atoms with Gasteiger partial charge in [0.15, 0.2) is 5.69 Å². The van der Waals surface area contributed by atoms with Crippen LogP contribution in [0.5, 0.6) is 0 Å². The first-order valence-electron chi connectivity index (χ1n) is 9.17. The van der Waals surface area contributed by atoms with E-state index in [0.29, 0.717) is 17.4 Å². The normalized spacial score (nSPS) is 19.8. The number of amides is 2.